The van der Waals surface area contributed by atoms with E-state index in [1.54, 1.807) is 12.3 Å². The Morgan fingerprint density at radius 2 is 1.94 bits per heavy atom. The van der Waals surface area contributed by atoms with Crippen LogP contribution in [0.3, 0.4) is 0 Å². The molecule has 0 atom stereocenters. The van der Waals surface area contributed by atoms with Crippen LogP contribution in [0.15, 0.2) is 24.4 Å². The van der Waals surface area contributed by atoms with Crippen LogP contribution in [-0.2, 0) is 0 Å². The van der Waals surface area contributed by atoms with Gasteiger partial charge in [0.1, 0.15) is 13.8 Å². The van der Waals surface area contributed by atoms with Crippen LogP contribution in [0, 0.1) is 11.5 Å². The van der Waals surface area contributed by atoms with E-state index in [1.165, 1.54) is 0 Å². The van der Waals surface area contributed by atoms with E-state index >= 15 is 0 Å². The molecule has 2 aromatic rings. The van der Waals surface area contributed by atoms with Crippen LogP contribution in [0.2, 0.25) is 24.7 Å². The number of nitrogens with zero attached hydrogens (tertiary/aromatic N) is 2. The highest BCUT2D eigenvalue weighted by molar-refractivity contribution is 6.83. The Hall–Kier alpha value is -1.37. The average Bonchev–Trinajstić information content (AvgIpc) is 2.25. The molecule has 0 unspecified atom stereocenters. The molecule has 0 saturated carbocycles. The fourth-order valence-corrected chi connectivity index (χ4v) is 1.97. The van der Waals surface area contributed by atoms with Crippen LogP contribution in [0.5, 0.6) is 0 Å². The molecule has 2 nitrogen and oxygen atoms in total. The summed E-state index contributed by atoms with van der Waals surface area (Å²) in [6.45, 7) is 6.61. The first kappa shape index (κ1) is 12.1. The molecule has 0 fully saturated rings. The zero-order valence-electron chi connectivity index (χ0n) is 10.1. The normalized spacial score (nSPS) is 11.1. The van der Waals surface area contributed by atoms with Gasteiger partial charge in [-0.2, -0.15) is 0 Å². The lowest BCUT2D eigenvalue weighted by atomic mass is 10.3. The molecule has 0 radical (unpaired) electrons. The summed E-state index contributed by atoms with van der Waals surface area (Å²) >= 11 is 5.89. The molecule has 4 heteroatoms. The molecule has 0 saturated heterocycles. The van der Waals surface area contributed by atoms with Crippen molar-refractivity contribution in [3.05, 3.63) is 35.1 Å². The van der Waals surface area contributed by atoms with Crippen LogP contribution in [0.4, 0.5) is 0 Å². The number of hydrogen-bond acceptors (Lipinski definition) is 2. The van der Waals surface area contributed by atoms with Crippen molar-refractivity contribution in [2.45, 2.75) is 19.6 Å². The van der Waals surface area contributed by atoms with E-state index in [0.29, 0.717) is 5.02 Å². The second kappa shape index (κ2) is 4.48. The van der Waals surface area contributed by atoms with Crippen molar-refractivity contribution in [1.29, 1.82) is 0 Å². The summed E-state index contributed by atoms with van der Waals surface area (Å²) < 4.78 is 0. The molecule has 1 heterocycles. The van der Waals surface area contributed by atoms with Gasteiger partial charge in [-0.05, 0) is 18.2 Å². The number of halogens is 1. The zero-order valence-corrected chi connectivity index (χ0v) is 11.8. The predicted octanol–water partition coefficient (Wildman–Crippen LogP) is 3.51. The van der Waals surface area contributed by atoms with Crippen LogP contribution < -0.4 is 0 Å². The smallest absolute Gasteiger partial charge is 0.131 e. The van der Waals surface area contributed by atoms with E-state index < -0.39 is 8.07 Å². The average molecular weight is 261 g/mol. The van der Waals surface area contributed by atoms with Crippen molar-refractivity contribution in [2.24, 2.45) is 0 Å². The monoisotopic (exact) mass is 260 g/mol. The lowest BCUT2D eigenvalue weighted by molar-refractivity contribution is 1.26. The van der Waals surface area contributed by atoms with Crippen LogP contribution in [0.1, 0.15) is 5.69 Å². The number of benzene rings is 1. The lowest BCUT2D eigenvalue weighted by Gasteiger charge is -2.03. The molecule has 1 aromatic heterocycles. The minimum atomic E-state index is -1.37. The van der Waals surface area contributed by atoms with Crippen LogP contribution in [0.25, 0.3) is 11.0 Å². The Morgan fingerprint density at radius 3 is 2.65 bits per heavy atom. The Morgan fingerprint density at radius 1 is 1.18 bits per heavy atom. The topological polar surface area (TPSA) is 25.8 Å². The third-order valence-electron chi connectivity index (χ3n) is 2.07. The van der Waals surface area contributed by atoms with Gasteiger partial charge in [0, 0.05) is 5.02 Å². The SMILES string of the molecule is C[Si](C)(C)C#Cc1cnc2cc(Cl)ccc2n1. The van der Waals surface area contributed by atoms with Gasteiger partial charge in [-0.25, -0.2) is 4.98 Å². The van der Waals surface area contributed by atoms with Crippen molar-refractivity contribution < 1.29 is 0 Å². The van der Waals surface area contributed by atoms with Gasteiger partial charge in [0.05, 0.1) is 17.2 Å². The van der Waals surface area contributed by atoms with Gasteiger partial charge in [-0.15, -0.1) is 5.54 Å². The molecule has 0 bridgehead atoms. The second-order valence-electron chi connectivity index (χ2n) is 4.89. The van der Waals surface area contributed by atoms with Gasteiger partial charge >= 0.3 is 0 Å². The Kier molecular flexibility index (Phi) is 3.19. The van der Waals surface area contributed by atoms with E-state index in [-0.39, 0.29) is 0 Å². The third-order valence-corrected chi connectivity index (χ3v) is 3.18. The highest BCUT2D eigenvalue weighted by atomic mass is 35.5. The molecule has 1 aromatic carbocycles. The van der Waals surface area contributed by atoms with Gasteiger partial charge in [0.15, 0.2) is 0 Å². The molecule has 17 heavy (non-hydrogen) atoms. The summed E-state index contributed by atoms with van der Waals surface area (Å²) in [7, 11) is -1.37. The van der Waals surface area contributed by atoms with Crippen molar-refractivity contribution in [3.63, 3.8) is 0 Å². The van der Waals surface area contributed by atoms with Gasteiger partial charge < -0.3 is 0 Å². The number of rotatable bonds is 0. The second-order valence-corrected chi connectivity index (χ2v) is 10.1. The zero-order chi connectivity index (χ0) is 12.5. The van der Waals surface area contributed by atoms with E-state index in [9.17, 15) is 0 Å². The summed E-state index contributed by atoms with van der Waals surface area (Å²) in [6.07, 6.45) is 1.70. The van der Waals surface area contributed by atoms with Crippen LogP contribution >= 0.6 is 11.6 Å². The summed E-state index contributed by atoms with van der Waals surface area (Å²) in [4.78, 5) is 8.76. The van der Waals surface area contributed by atoms with Crippen molar-refractivity contribution >= 4 is 30.7 Å². The molecule has 0 aliphatic rings. The molecule has 2 rings (SSSR count). The Bertz CT molecular complexity index is 621. The maximum Gasteiger partial charge on any atom is 0.131 e. The standard InChI is InChI=1S/C13H13ClN2Si/c1-17(2,3)7-6-11-9-15-13-8-10(14)4-5-12(13)16-11/h4-5,8-9H,1-3H3. The minimum absolute atomic E-state index is 0.674. The summed E-state index contributed by atoms with van der Waals surface area (Å²) in [6, 6.07) is 5.48. The van der Waals surface area contributed by atoms with Gasteiger partial charge in [-0.1, -0.05) is 37.2 Å². The van der Waals surface area contributed by atoms with E-state index in [0.717, 1.165) is 16.7 Å². The third kappa shape index (κ3) is 3.29. The first-order chi connectivity index (χ1) is 7.94. The van der Waals surface area contributed by atoms with E-state index in [2.05, 4.69) is 41.1 Å². The summed E-state index contributed by atoms with van der Waals surface area (Å²) in [5.74, 6) is 3.10. The van der Waals surface area contributed by atoms with Crippen molar-refractivity contribution in [2.75, 3.05) is 0 Å². The first-order valence-corrected chi connectivity index (χ1v) is 9.27. The molecule has 0 aliphatic heterocycles. The van der Waals surface area contributed by atoms with Gasteiger partial charge in [0.2, 0.25) is 0 Å². The fourth-order valence-electron chi connectivity index (χ4n) is 1.30. The summed E-state index contributed by atoms with van der Waals surface area (Å²) in [5, 5.41) is 0.674. The van der Waals surface area contributed by atoms with Gasteiger partial charge in [-0.3, -0.25) is 4.98 Å². The number of fused-ring (bicyclic) bond motifs is 1. The molecule has 86 valence electrons. The van der Waals surface area contributed by atoms with E-state index in [1.807, 2.05) is 12.1 Å². The lowest BCUT2D eigenvalue weighted by Crippen LogP contribution is -2.16. The molecule has 0 N–H and O–H groups in total. The highest BCUT2D eigenvalue weighted by Gasteiger charge is 2.07. The maximum atomic E-state index is 5.89. The molecular weight excluding hydrogens is 248 g/mol. The summed E-state index contributed by atoms with van der Waals surface area (Å²) in [5.41, 5.74) is 5.63. The minimum Gasteiger partial charge on any atom is -0.252 e. The molecule has 0 aliphatic carbocycles. The van der Waals surface area contributed by atoms with Crippen molar-refractivity contribution in [3.8, 4) is 11.5 Å². The van der Waals surface area contributed by atoms with Crippen molar-refractivity contribution in [1.82, 2.24) is 9.97 Å². The fraction of sp³-hybridized carbons (Fsp3) is 0.231. The Balaban J connectivity index is 2.44. The Labute approximate surface area is 107 Å². The van der Waals surface area contributed by atoms with Crippen LogP contribution in [-0.4, -0.2) is 18.0 Å². The quantitative estimate of drug-likeness (QED) is 0.535. The highest BCUT2D eigenvalue weighted by Crippen LogP contribution is 2.15. The van der Waals surface area contributed by atoms with E-state index in [4.69, 9.17) is 11.6 Å². The molecule has 0 amide bonds. The number of hydrogen-bond donors (Lipinski definition) is 0. The first-order valence-electron chi connectivity index (χ1n) is 5.39. The molecular formula is C13H13ClN2Si. The molecule has 0 spiro atoms. The van der Waals surface area contributed by atoms with Gasteiger partial charge in [0.25, 0.3) is 0 Å². The maximum absolute atomic E-state index is 5.89. The largest absolute Gasteiger partial charge is 0.252 e. The predicted molar refractivity (Wildman–Crippen MR) is 74.8 cm³/mol. The number of aromatic nitrogens is 2.